The monoisotopic (exact) mass is 348 g/mol. The van der Waals surface area contributed by atoms with E-state index in [-0.39, 0.29) is 11.4 Å². The van der Waals surface area contributed by atoms with Gasteiger partial charge in [-0.15, -0.1) is 0 Å². The molecule has 1 heterocycles. The Labute approximate surface area is 154 Å². The van der Waals surface area contributed by atoms with E-state index in [4.69, 9.17) is 0 Å². The van der Waals surface area contributed by atoms with Crippen LogP contribution in [0.25, 0.3) is 16.5 Å². The molecule has 1 atom stereocenters. The van der Waals surface area contributed by atoms with Crippen LogP contribution in [-0.2, 0) is 5.54 Å². The van der Waals surface area contributed by atoms with E-state index in [2.05, 4.69) is 67.3 Å². The number of halogens is 1. The third kappa shape index (κ3) is 2.67. The Morgan fingerprint density at radius 2 is 1.88 bits per heavy atom. The van der Waals surface area contributed by atoms with Gasteiger partial charge >= 0.3 is 0 Å². The van der Waals surface area contributed by atoms with Crippen LogP contribution in [0.5, 0.6) is 0 Å². The molecule has 0 fully saturated rings. The summed E-state index contributed by atoms with van der Waals surface area (Å²) in [7, 11) is 4.19. The number of hydrogen-bond acceptors (Lipinski definition) is 1. The predicted molar refractivity (Wildman–Crippen MR) is 107 cm³/mol. The largest absolute Gasteiger partial charge is 0.355 e. The maximum Gasteiger partial charge on any atom is 0.123 e. The Morgan fingerprint density at radius 3 is 2.54 bits per heavy atom. The molecule has 0 saturated carbocycles. The third-order valence-corrected chi connectivity index (χ3v) is 6.00. The SMILES string of the molecule is Cc1c(C2=CCC(c3cccc(F)c3)(N(C)C)CC2)[nH]c2ccccc12. The number of hydrogen-bond donors (Lipinski definition) is 1. The number of para-hydroxylation sites is 1. The predicted octanol–water partition coefficient (Wildman–Crippen LogP) is 5.64. The van der Waals surface area contributed by atoms with E-state index >= 15 is 0 Å². The molecule has 1 aliphatic carbocycles. The molecule has 1 unspecified atom stereocenters. The number of fused-ring (bicyclic) bond motifs is 1. The summed E-state index contributed by atoms with van der Waals surface area (Å²) < 4.78 is 13.8. The zero-order chi connectivity index (χ0) is 18.3. The molecule has 0 saturated heterocycles. The molecule has 0 bridgehead atoms. The van der Waals surface area contributed by atoms with Crippen LogP contribution < -0.4 is 0 Å². The molecule has 1 aromatic heterocycles. The van der Waals surface area contributed by atoms with E-state index in [0.717, 1.165) is 24.8 Å². The van der Waals surface area contributed by atoms with Crippen molar-refractivity contribution in [1.82, 2.24) is 9.88 Å². The maximum atomic E-state index is 13.8. The van der Waals surface area contributed by atoms with Gasteiger partial charge in [-0.1, -0.05) is 36.4 Å². The quantitative estimate of drug-likeness (QED) is 0.649. The van der Waals surface area contributed by atoms with Gasteiger partial charge in [0.2, 0.25) is 0 Å². The number of aromatic nitrogens is 1. The van der Waals surface area contributed by atoms with E-state index in [1.165, 1.54) is 33.8 Å². The summed E-state index contributed by atoms with van der Waals surface area (Å²) in [6, 6.07) is 15.5. The molecule has 0 spiro atoms. The average molecular weight is 348 g/mol. The second-order valence-corrected chi connectivity index (χ2v) is 7.54. The molecular formula is C23H25FN2. The highest BCUT2D eigenvalue weighted by atomic mass is 19.1. The number of rotatable bonds is 3. The third-order valence-electron chi connectivity index (χ3n) is 6.00. The van der Waals surface area contributed by atoms with Gasteiger partial charge in [-0.2, -0.15) is 0 Å². The van der Waals surface area contributed by atoms with Crippen molar-refractivity contribution in [1.29, 1.82) is 0 Å². The standard InChI is InChI=1S/C23H25FN2/c1-16-20-9-4-5-10-21(20)25-22(16)17-11-13-23(14-12-17,26(2)3)18-7-6-8-19(24)15-18/h4-11,15,25H,12-14H2,1-3H3. The Bertz CT molecular complexity index is 983. The zero-order valence-electron chi connectivity index (χ0n) is 15.6. The molecule has 0 radical (unpaired) electrons. The molecule has 2 nitrogen and oxygen atoms in total. The summed E-state index contributed by atoms with van der Waals surface area (Å²) in [4.78, 5) is 5.84. The van der Waals surface area contributed by atoms with Gasteiger partial charge in [-0.25, -0.2) is 4.39 Å². The van der Waals surface area contributed by atoms with E-state index in [1.807, 2.05) is 6.07 Å². The minimum atomic E-state index is -0.162. The van der Waals surface area contributed by atoms with Gasteiger partial charge in [-0.05, 0) is 75.2 Å². The fourth-order valence-electron chi connectivity index (χ4n) is 4.37. The van der Waals surface area contributed by atoms with Crippen LogP contribution in [0.15, 0.2) is 54.6 Å². The van der Waals surface area contributed by atoms with Crippen LogP contribution in [0.3, 0.4) is 0 Å². The number of nitrogens with zero attached hydrogens (tertiary/aromatic N) is 1. The molecular weight excluding hydrogens is 323 g/mol. The van der Waals surface area contributed by atoms with Gasteiger partial charge in [0.25, 0.3) is 0 Å². The Balaban J connectivity index is 1.73. The first-order valence-electron chi connectivity index (χ1n) is 9.21. The first kappa shape index (κ1) is 17.0. The summed E-state index contributed by atoms with van der Waals surface area (Å²) in [5.41, 5.74) is 6.04. The van der Waals surface area contributed by atoms with Gasteiger partial charge in [0.15, 0.2) is 0 Å². The fraction of sp³-hybridized carbons (Fsp3) is 0.304. The molecule has 0 aliphatic heterocycles. The highest BCUT2D eigenvalue weighted by molar-refractivity contribution is 5.89. The lowest BCUT2D eigenvalue weighted by molar-refractivity contribution is 0.138. The highest BCUT2D eigenvalue weighted by Gasteiger charge is 2.36. The van der Waals surface area contributed by atoms with Gasteiger partial charge in [0.05, 0.1) is 0 Å². The Hall–Kier alpha value is -2.39. The normalized spacial score (nSPS) is 20.6. The molecule has 3 heteroatoms. The van der Waals surface area contributed by atoms with E-state index in [1.54, 1.807) is 6.07 Å². The van der Waals surface area contributed by atoms with Crippen molar-refractivity contribution in [2.75, 3.05) is 14.1 Å². The molecule has 2 aromatic carbocycles. The highest BCUT2D eigenvalue weighted by Crippen LogP contribution is 2.43. The van der Waals surface area contributed by atoms with Crippen molar-refractivity contribution in [3.05, 3.63) is 77.2 Å². The number of benzene rings is 2. The lowest BCUT2D eigenvalue weighted by Gasteiger charge is -2.43. The second-order valence-electron chi connectivity index (χ2n) is 7.54. The minimum absolute atomic E-state index is 0.147. The van der Waals surface area contributed by atoms with Crippen LogP contribution in [-0.4, -0.2) is 24.0 Å². The molecule has 3 aromatic rings. The number of nitrogens with one attached hydrogen (secondary N) is 1. The lowest BCUT2D eigenvalue weighted by atomic mass is 9.75. The van der Waals surface area contributed by atoms with E-state index in [0.29, 0.717) is 0 Å². The lowest BCUT2D eigenvalue weighted by Crippen LogP contribution is -2.42. The summed E-state index contributed by atoms with van der Waals surface area (Å²) >= 11 is 0. The maximum absolute atomic E-state index is 13.8. The Morgan fingerprint density at radius 1 is 1.08 bits per heavy atom. The number of allylic oxidation sites excluding steroid dienone is 1. The molecule has 4 rings (SSSR count). The van der Waals surface area contributed by atoms with Crippen LogP contribution in [0, 0.1) is 12.7 Å². The van der Waals surface area contributed by atoms with Crippen molar-refractivity contribution < 1.29 is 4.39 Å². The molecule has 26 heavy (non-hydrogen) atoms. The van der Waals surface area contributed by atoms with E-state index in [9.17, 15) is 4.39 Å². The first-order valence-corrected chi connectivity index (χ1v) is 9.21. The van der Waals surface area contributed by atoms with Crippen molar-refractivity contribution >= 4 is 16.5 Å². The molecule has 1 N–H and O–H groups in total. The Kier molecular flexibility index (Phi) is 4.20. The summed E-state index contributed by atoms with van der Waals surface area (Å²) in [5.74, 6) is -0.162. The molecule has 0 amide bonds. The van der Waals surface area contributed by atoms with Gasteiger partial charge in [0.1, 0.15) is 5.82 Å². The number of aromatic amines is 1. The van der Waals surface area contributed by atoms with Crippen LogP contribution in [0.1, 0.15) is 36.1 Å². The van der Waals surface area contributed by atoms with Crippen molar-refractivity contribution in [2.45, 2.75) is 31.7 Å². The van der Waals surface area contributed by atoms with Crippen LogP contribution in [0.4, 0.5) is 4.39 Å². The number of aryl methyl sites for hydroxylation is 1. The van der Waals surface area contributed by atoms with Crippen molar-refractivity contribution in [3.8, 4) is 0 Å². The fourth-order valence-corrected chi connectivity index (χ4v) is 4.37. The average Bonchev–Trinajstić information content (AvgIpc) is 2.99. The van der Waals surface area contributed by atoms with Crippen molar-refractivity contribution in [2.24, 2.45) is 0 Å². The van der Waals surface area contributed by atoms with Gasteiger partial charge < -0.3 is 4.98 Å². The van der Waals surface area contributed by atoms with E-state index < -0.39 is 0 Å². The second kappa shape index (κ2) is 6.40. The topological polar surface area (TPSA) is 19.0 Å². The minimum Gasteiger partial charge on any atom is -0.355 e. The number of H-pyrrole nitrogens is 1. The van der Waals surface area contributed by atoms with Crippen LogP contribution in [0.2, 0.25) is 0 Å². The van der Waals surface area contributed by atoms with Crippen molar-refractivity contribution in [3.63, 3.8) is 0 Å². The van der Waals surface area contributed by atoms with Gasteiger partial charge in [0, 0.05) is 22.1 Å². The summed E-state index contributed by atoms with van der Waals surface area (Å²) in [6.07, 6.45) is 5.17. The summed E-state index contributed by atoms with van der Waals surface area (Å²) in [6.45, 7) is 2.19. The first-order chi connectivity index (χ1) is 12.5. The smallest absolute Gasteiger partial charge is 0.123 e. The van der Waals surface area contributed by atoms with Gasteiger partial charge in [-0.3, -0.25) is 4.90 Å². The molecule has 134 valence electrons. The zero-order valence-corrected chi connectivity index (χ0v) is 15.6. The molecule has 1 aliphatic rings. The van der Waals surface area contributed by atoms with Crippen LogP contribution >= 0.6 is 0 Å². The summed E-state index contributed by atoms with van der Waals surface area (Å²) in [5, 5.41) is 1.29.